The number of nitrogens with zero attached hydrogens (tertiary/aromatic N) is 2. The molecule has 0 unspecified atom stereocenters. The van der Waals surface area contributed by atoms with Gasteiger partial charge in [0.15, 0.2) is 0 Å². The Balaban J connectivity index is 2.80. The lowest BCUT2D eigenvalue weighted by Crippen LogP contribution is -2.27. The van der Waals surface area contributed by atoms with Crippen molar-refractivity contribution < 1.29 is 9.59 Å². The van der Waals surface area contributed by atoms with Crippen LogP contribution in [0.4, 0.5) is 4.79 Å². The molecule has 0 aromatic rings. The molecule has 3 amide bonds. The minimum atomic E-state index is -0.343. The van der Waals surface area contributed by atoms with Crippen molar-refractivity contribution in [3.05, 3.63) is 0 Å². The van der Waals surface area contributed by atoms with Gasteiger partial charge >= 0.3 is 6.03 Å². The van der Waals surface area contributed by atoms with Crippen molar-refractivity contribution in [2.45, 2.75) is 6.92 Å². The predicted octanol–water partition coefficient (Wildman–Crippen LogP) is -0.139. The van der Waals surface area contributed by atoms with E-state index in [1.165, 1.54) is 11.9 Å². The number of urea groups is 1. The summed E-state index contributed by atoms with van der Waals surface area (Å²) < 4.78 is 0. The smallest absolute Gasteiger partial charge is 0.272 e. The average Bonchev–Trinajstić information content (AvgIpc) is 2.19. The number of rotatable bonds is 0. The maximum Gasteiger partial charge on any atom is 0.338 e. The highest BCUT2D eigenvalue weighted by Crippen LogP contribution is 2.05. The van der Waals surface area contributed by atoms with E-state index in [4.69, 9.17) is 0 Å². The van der Waals surface area contributed by atoms with Crippen LogP contribution in [0.3, 0.4) is 0 Å². The molecule has 1 rings (SSSR count). The van der Waals surface area contributed by atoms with E-state index in [1.54, 1.807) is 6.92 Å². The highest BCUT2D eigenvalue weighted by Gasteiger charge is 2.31. The molecule has 1 aliphatic heterocycles. The van der Waals surface area contributed by atoms with Gasteiger partial charge in [-0.1, -0.05) is 5.92 Å². The second-order valence-corrected chi connectivity index (χ2v) is 2.18. The number of carbonyl (C=O) groups excluding carboxylic acids is 2. The van der Waals surface area contributed by atoms with E-state index in [0.29, 0.717) is 0 Å². The van der Waals surface area contributed by atoms with Crippen LogP contribution < -0.4 is 0 Å². The summed E-state index contributed by atoms with van der Waals surface area (Å²) in [5, 5.41) is 0. The molecule has 0 aromatic heterocycles. The monoisotopic (exact) mass is 152 g/mol. The molecule has 1 heterocycles. The normalized spacial score (nSPS) is 16.9. The molecule has 0 radical (unpaired) electrons. The molecule has 0 spiro atoms. The first-order chi connectivity index (χ1) is 5.16. The number of imide groups is 1. The Kier molecular flexibility index (Phi) is 1.81. The molecule has 0 aliphatic carbocycles. The van der Waals surface area contributed by atoms with Crippen molar-refractivity contribution in [3.8, 4) is 12.0 Å². The maximum atomic E-state index is 11.0. The zero-order valence-corrected chi connectivity index (χ0v) is 6.42. The van der Waals surface area contributed by atoms with Crippen LogP contribution in [-0.2, 0) is 4.79 Å². The van der Waals surface area contributed by atoms with Crippen LogP contribution in [0.25, 0.3) is 0 Å². The molecular weight excluding hydrogens is 144 g/mol. The van der Waals surface area contributed by atoms with Gasteiger partial charge in [-0.15, -0.1) is 0 Å². The molecular formula is C7H8N2O2. The first-order valence-corrected chi connectivity index (χ1v) is 3.17. The Hall–Kier alpha value is -1.50. The predicted molar refractivity (Wildman–Crippen MR) is 38.3 cm³/mol. The SMILES string of the molecule is CC#CN1CC(=O)N(C)C1=O. The third kappa shape index (κ3) is 1.17. The maximum absolute atomic E-state index is 11.0. The van der Waals surface area contributed by atoms with E-state index in [2.05, 4.69) is 12.0 Å². The van der Waals surface area contributed by atoms with Gasteiger partial charge < -0.3 is 0 Å². The van der Waals surface area contributed by atoms with Gasteiger partial charge in [0.05, 0.1) is 0 Å². The lowest BCUT2D eigenvalue weighted by molar-refractivity contribution is -0.124. The third-order valence-corrected chi connectivity index (χ3v) is 1.43. The van der Waals surface area contributed by atoms with Crippen LogP contribution in [0, 0.1) is 12.0 Å². The lowest BCUT2D eigenvalue weighted by atomic mass is 10.6. The summed E-state index contributed by atoms with van der Waals surface area (Å²) in [5.74, 6) is 2.35. The second-order valence-electron chi connectivity index (χ2n) is 2.18. The molecule has 0 atom stereocenters. The molecule has 0 aromatic carbocycles. The molecule has 58 valence electrons. The fourth-order valence-corrected chi connectivity index (χ4v) is 0.819. The van der Waals surface area contributed by atoms with Crippen molar-refractivity contribution >= 4 is 11.9 Å². The first-order valence-electron chi connectivity index (χ1n) is 3.17. The highest BCUT2D eigenvalue weighted by molar-refractivity contribution is 6.02. The minimum absolute atomic E-state index is 0.0795. The summed E-state index contributed by atoms with van der Waals surface area (Å²) in [6.45, 7) is 1.70. The zero-order chi connectivity index (χ0) is 8.43. The largest absolute Gasteiger partial charge is 0.338 e. The van der Waals surface area contributed by atoms with Crippen LogP contribution in [-0.4, -0.2) is 35.3 Å². The van der Waals surface area contributed by atoms with Crippen molar-refractivity contribution in [2.24, 2.45) is 0 Å². The Bertz CT molecular complexity index is 261. The van der Waals surface area contributed by atoms with Gasteiger partial charge in [-0.05, 0) is 6.92 Å². The summed E-state index contributed by atoms with van der Waals surface area (Å²) in [5.41, 5.74) is 0. The summed E-state index contributed by atoms with van der Waals surface area (Å²) >= 11 is 0. The van der Waals surface area contributed by atoms with Gasteiger partial charge in [0.1, 0.15) is 6.54 Å². The van der Waals surface area contributed by atoms with Crippen LogP contribution >= 0.6 is 0 Å². The topological polar surface area (TPSA) is 40.6 Å². The Morgan fingerprint density at radius 2 is 2.09 bits per heavy atom. The standard InChI is InChI=1S/C7H8N2O2/c1-3-4-9-5-6(10)8(2)7(9)11/h5H2,1-2H3. The summed E-state index contributed by atoms with van der Waals surface area (Å²) in [6, 6.07) is 2.18. The van der Waals surface area contributed by atoms with Gasteiger partial charge in [0.2, 0.25) is 0 Å². The highest BCUT2D eigenvalue weighted by atomic mass is 16.2. The molecule has 1 saturated heterocycles. The van der Waals surface area contributed by atoms with Gasteiger partial charge in [-0.25, -0.2) is 9.69 Å². The van der Waals surface area contributed by atoms with Crippen molar-refractivity contribution in [1.29, 1.82) is 0 Å². The minimum Gasteiger partial charge on any atom is -0.272 e. The van der Waals surface area contributed by atoms with Crippen LogP contribution in [0.5, 0.6) is 0 Å². The zero-order valence-electron chi connectivity index (χ0n) is 6.42. The van der Waals surface area contributed by atoms with Crippen molar-refractivity contribution in [3.63, 3.8) is 0 Å². The van der Waals surface area contributed by atoms with Gasteiger partial charge in [0.25, 0.3) is 5.91 Å². The molecule has 1 aliphatic rings. The van der Waals surface area contributed by atoms with Crippen LogP contribution in [0.15, 0.2) is 0 Å². The molecule has 4 nitrogen and oxygen atoms in total. The molecule has 4 heteroatoms. The van der Waals surface area contributed by atoms with Crippen LogP contribution in [0.1, 0.15) is 6.92 Å². The molecule has 0 N–H and O–H groups in total. The molecule has 0 bridgehead atoms. The number of hydrogen-bond donors (Lipinski definition) is 0. The third-order valence-electron chi connectivity index (χ3n) is 1.43. The number of hydrogen-bond acceptors (Lipinski definition) is 2. The summed E-state index contributed by atoms with van der Waals surface area (Å²) in [6.07, 6.45) is 0. The van der Waals surface area contributed by atoms with E-state index in [0.717, 1.165) is 4.90 Å². The van der Waals surface area contributed by atoms with Crippen molar-refractivity contribution in [2.75, 3.05) is 13.6 Å². The van der Waals surface area contributed by atoms with E-state index in [1.807, 2.05) is 0 Å². The summed E-state index contributed by atoms with van der Waals surface area (Å²) in [4.78, 5) is 24.2. The Morgan fingerprint density at radius 1 is 1.45 bits per heavy atom. The van der Waals surface area contributed by atoms with E-state index in [9.17, 15) is 9.59 Å². The average molecular weight is 152 g/mol. The number of amides is 3. The van der Waals surface area contributed by atoms with Crippen LogP contribution in [0.2, 0.25) is 0 Å². The fraction of sp³-hybridized carbons (Fsp3) is 0.429. The van der Waals surface area contributed by atoms with Gasteiger partial charge in [-0.3, -0.25) is 9.69 Å². The fourth-order valence-electron chi connectivity index (χ4n) is 0.819. The van der Waals surface area contributed by atoms with E-state index < -0.39 is 0 Å². The first kappa shape index (κ1) is 7.61. The Morgan fingerprint density at radius 3 is 2.45 bits per heavy atom. The second kappa shape index (κ2) is 2.62. The summed E-state index contributed by atoms with van der Waals surface area (Å²) in [7, 11) is 1.45. The molecule has 11 heavy (non-hydrogen) atoms. The Labute approximate surface area is 64.8 Å². The quantitative estimate of drug-likeness (QED) is 0.358. The molecule has 1 fully saturated rings. The van der Waals surface area contributed by atoms with Gasteiger partial charge in [-0.2, -0.15) is 0 Å². The van der Waals surface area contributed by atoms with E-state index in [-0.39, 0.29) is 18.5 Å². The lowest BCUT2D eigenvalue weighted by Gasteiger charge is -2.04. The molecule has 0 saturated carbocycles. The van der Waals surface area contributed by atoms with E-state index >= 15 is 0 Å². The number of carbonyl (C=O) groups is 2. The van der Waals surface area contributed by atoms with Gasteiger partial charge in [0, 0.05) is 13.1 Å². The van der Waals surface area contributed by atoms with Crippen molar-refractivity contribution in [1.82, 2.24) is 9.80 Å². The number of likely N-dealkylation sites (N-methyl/N-ethyl adjacent to an activating group) is 1.